The predicted molar refractivity (Wildman–Crippen MR) is 93.6 cm³/mol. The van der Waals surface area contributed by atoms with Crippen molar-refractivity contribution >= 4 is 35.0 Å². The van der Waals surface area contributed by atoms with Crippen molar-refractivity contribution in [3.8, 4) is 5.75 Å². The summed E-state index contributed by atoms with van der Waals surface area (Å²) >= 11 is 1.01. The highest BCUT2D eigenvalue weighted by molar-refractivity contribution is 8.15. The second-order valence-electron chi connectivity index (χ2n) is 5.24. The summed E-state index contributed by atoms with van der Waals surface area (Å²) in [6, 6.07) is 4.33. The first-order valence-electron chi connectivity index (χ1n) is 7.72. The lowest BCUT2D eigenvalue weighted by Crippen LogP contribution is -2.26. The number of hydrogen-bond acceptors (Lipinski definition) is 6. The Morgan fingerprint density at radius 3 is 3.04 bits per heavy atom. The third-order valence-corrected chi connectivity index (χ3v) is 4.27. The molecule has 7 nitrogen and oxygen atoms in total. The van der Waals surface area contributed by atoms with Gasteiger partial charge in [0, 0.05) is 0 Å². The van der Waals surface area contributed by atoms with E-state index in [1.807, 2.05) is 6.92 Å². The van der Waals surface area contributed by atoms with Crippen LogP contribution in [0.2, 0.25) is 0 Å². The smallest absolute Gasteiger partial charge is 0.305 e. The molecule has 0 bridgehead atoms. The minimum atomic E-state index is -1.06. The topological polar surface area (TPSA) is 100 Å². The first-order chi connectivity index (χ1) is 12.0. The molecule has 1 fully saturated rings. The fourth-order valence-electron chi connectivity index (χ4n) is 1.93. The maximum absolute atomic E-state index is 13.7. The van der Waals surface area contributed by atoms with E-state index in [1.165, 1.54) is 24.4 Å². The Morgan fingerprint density at radius 2 is 2.32 bits per heavy atom. The molecule has 1 aliphatic heterocycles. The van der Waals surface area contributed by atoms with E-state index in [4.69, 9.17) is 9.84 Å². The van der Waals surface area contributed by atoms with Crippen LogP contribution in [-0.4, -0.2) is 40.2 Å². The molecule has 1 aliphatic rings. The summed E-state index contributed by atoms with van der Waals surface area (Å²) in [7, 11) is 0. The number of halogens is 1. The Morgan fingerprint density at radius 1 is 1.52 bits per heavy atom. The zero-order chi connectivity index (χ0) is 18.2. The third kappa shape index (κ3) is 5.86. The molecule has 1 aromatic carbocycles. The van der Waals surface area contributed by atoms with Gasteiger partial charge in [0.1, 0.15) is 5.25 Å². The molecular weight excluding hydrogens is 349 g/mol. The van der Waals surface area contributed by atoms with Crippen molar-refractivity contribution < 1.29 is 23.8 Å². The number of carboxylic acid groups (broad SMARTS) is 1. The van der Waals surface area contributed by atoms with Crippen LogP contribution in [0.15, 0.2) is 28.4 Å². The van der Waals surface area contributed by atoms with Gasteiger partial charge in [0.05, 0.1) is 19.2 Å². The molecule has 25 heavy (non-hydrogen) atoms. The monoisotopic (exact) mass is 367 g/mol. The van der Waals surface area contributed by atoms with Gasteiger partial charge < -0.3 is 15.2 Å². The number of amides is 1. The largest absolute Gasteiger partial charge is 0.490 e. The van der Waals surface area contributed by atoms with Gasteiger partial charge in [0.15, 0.2) is 16.7 Å². The third-order valence-electron chi connectivity index (χ3n) is 3.20. The minimum Gasteiger partial charge on any atom is -0.490 e. The number of nitrogens with zero attached hydrogens (tertiary/aromatic N) is 2. The molecule has 0 spiro atoms. The van der Waals surface area contributed by atoms with Gasteiger partial charge in [-0.25, -0.2) is 4.39 Å². The fourth-order valence-corrected chi connectivity index (χ4v) is 2.85. The maximum atomic E-state index is 13.7. The van der Waals surface area contributed by atoms with Crippen molar-refractivity contribution in [3.63, 3.8) is 0 Å². The summed E-state index contributed by atoms with van der Waals surface area (Å²) in [4.78, 5) is 22.2. The van der Waals surface area contributed by atoms with Crippen molar-refractivity contribution in [1.82, 2.24) is 5.32 Å². The fraction of sp³-hybridized carbons (Fsp3) is 0.375. The van der Waals surface area contributed by atoms with Gasteiger partial charge >= 0.3 is 5.97 Å². The van der Waals surface area contributed by atoms with Crippen LogP contribution in [0.1, 0.15) is 31.7 Å². The van der Waals surface area contributed by atoms with E-state index in [0.717, 1.165) is 24.6 Å². The summed E-state index contributed by atoms with van der Waals surface area (Å²) in [5.41, 5.74) is 0.591. The number of hydrogen-bond donors (Lipinski definition) is 2. The molecule has 9 heteroatoms. The average molecular weight is 367 g/mol. The molecule has 0 aromatic heterocycles. The summed E-state index contributed by atoms with van der Waals surface area (Å²) < 4.78 is 19.0. The number of thioether (sulfide) groups is 1. The normalized spacial score (nSPS) is 18.7. The molecule has 0 radical (unpaired) electrons. The van der Waals surface area contributed by atoms with Gasteiger partial charge in [0.25, 0.3) is 0 Å². The van der Waals surface area contributed by atoms with Crippen molar-refractivity contribution in [3.05, 3.63) is 29.6 Å². The van der Waals surface area contributed by atoms with Gasteiger partial charge in [-0.3, -0.25) is 9.59 Å². The number of carbonyl (C=O) groups excluding carboxylic acids is 1. The second kappa shape index (κ2) is 9.16. The Labute approximate surface area is 148 Å². The number of amidine groups is 1. The van der Waals surface area contributed by atoms with Gasteiger partial charge in [-0.15, -0.1) is 5.10 Å². The van der Waals surface area contributed by atoms with E-state index in [9.17, 15) is 14.0 Å². The Kier molecular flexibility index (Phi) is 6.93. The highest BCUT2D eigenvalue weighted by Crippen LogP contribution is 2.22. The molecule has 0 saturated carbocycles. The van der Waals surface area contributed by atoms with Crippen molar-refractivity contribution in [1.29, 1.82) is 0 Å². The van der Waals surface area contributed by atoms with Crippen LogP contribution in [0.5, 0.6) is 5.75 Å². The molecule has 2 rings (SSSR count). The number of aliphatic carboxylic acids is 1. The number of benzene rings is 1. The Hall–Kier alpha value is -2.42. The van der Waals surface area contributed by atoms with Crippen LogP contribution in [0.4, 0.5) is 4.39 Å². The van der Waals surface area contributed by atoms with E-state index in [0.29, 0.717) is 12.2 Å². The lowest BCUT2D eigenvalue weighted by molar-refractivity contribution is -0.138. The van der Waals surface area contributed by atoms with Crippen molar-refractivity contribution in [2.75, 3.05) is 6.61 Å². The first kappa shape index (κ1) is 18.9. The second-order valence-corrected chi connectivity index (χ2v) is 6.43. The lowest BCUT2D eigenvalue weighted by Gasteiger charge is -2.06. The van der Waals surface area contributed by atoms with Crippen molar-refractivity contribution in [2.45, 2.75) is 31.4 Å². The highest BCUT2D eigenvalue weighted by Gasteiger charge is 2.32. The summed E-state index contributed by atoms with van der Waals surface area (Å²) in [6.45, 7) is 2.45. The number of unbranched alkanes of at least 4 members (excludes halogenated alkanes) is 1. The number of carboxylic acids is 1. The molecule has 1 saturated heterocycles. The van der Waals surface area contributed by atoms with E-state index >= 15 is 0 Å². The molecular formula is C16H18FN3O4S. The highest BCUT2D eigenvalue weighted by atomic mass is 32.2. The SMILES string of the molecule is CCCCOc1cc(C=NN=C2NC(=O)C(CC(=O)O)S2)ccc1F. The summed E-state index contributed by atoms with van der Waals surface area (Å²) in [5.74, 6) is -1.76. The number of nitrogens with one attached hydrogen (secondary N) is 1. The average Bonchev–Trinajstić information content (AvgIpc) is 2.89. The summed E-state index contributed by atoms with van der Waals surface area (Å²) in [6.07, 6.45) is 2.90. The maximum Gasteiger partial charge on any atom is 0.305 e. The Balaban J connectivity index is 1.98. The van der Waals surface area contributed by atoms with Crippen LogP contribution in [-0.2, 0) is 9.59 Å². The standard InChI is InChI=1S/C16H18FN3O4S/c1-2-3-6-24-12-7-10(4-5-11(12)17)9-18-20-16-19-15(23)13(25-16)8-14(21)22/h4-5,7,9,13H,2-3,6,8H2,1H3,(H,21,22)(H,19,20,23). The Bertz CT molecular complexity index is 709. The van der Waals surface area contributed by atoms with Crippen LogP contribution in [0, 0.1) is 5.82 Å². The zero-order valence-electron chi connectivity index (χ0n) is 13.6. The van der Waals surface area contributed by atoms with Crippen molar-refractivity contribution in [2.24, 2.45) is 10.2 Å². The van der Waals surface area contributed by atoms with Gasteiger partial charge in [-0.1, -0.05) is 31.2 Å². The number of ether oxygens (including phenoxy) is 1. The van der Waals surface area contributed by atoms with Crippen LogP contribution in [0.3, 0.4) is 0 Å². The molecule has 1 heterocycles. The van der Waals surface area contributed by atoms with Crippen LogP contribution >= 0.6 is 11.8 Å². The van der Waals surface area contributed by atoms with E-state index in [2.05, 4.69) is 15.5 Å². The molecule has 2 N–H and O–H groups in total. The molecule has 1 amide bonds. The summed E-state index contributed by atoms with van der Waals surface area (Å²) in [5, 5.41) is 18.4. The first-order valence-corrected chi connectivity index (χ1v) is 8.60. The molecule has 0 aliphatic carbocycles. The molecule has 1 aromatic rings. The lowest BCUT2D eigenvalue weighted by atomic mass is 10.2. The predicted octanol–water partition coefficient (Wildman–Crippen LogP) is 2.40. The number of carbonyl (C=O) groups is 2. The van der Waals surface area contributed by atoms with Gasteiger partial charge in [-0.05, 0) is 24.1 Å². The van der Waals surface area contributed by atoms with E-state index in [-0.39, 0.29) is 17.3 Å². The minimum absolute atomic E-state index is 0.148. The van der Waals surface area contributed by atoms with Crippen LogP contribution < -0.4 is 10.1 Å². The quantitative estimate of drug-likeness (QED) is 0.417. The van der Waals surface area contributed by atoms with Crippen LogP contribution in [0.25, 0.3) is 0 Å². The van der Waals surface area contributed by atoms with Gasteiger partial charge in [-0.2, -0.15) is 5.10 Å². The van der Waals surface area contributed by atoms with Gasteiger partial charge in [0.2, 0.25) is 5.91 Å². The van der Waals surface area contributed by atoms with E-state index in [1.54, 1.807) is 0 Å². The molecule has 1 atom stereocenters. The number of rotatable bonds is 8. The molecule has 134 valence electrons. The molecule has 1 unspecified atom stereocenters. The zero-order valence-corrected chi connectivity index (χ0v) is 14.4. The van der Waals surface area contributed by atoms with E-state index < -0.39 is 22.9 Å².